The Morgan fingerprint density at radius 2 is 2.03 bits per heavy atom. The molecule has 0 radical (unpaired) electrons. The van der Waals surface area contributed by atoms with E-state index in [0.29, 0.717) is 18.7 Å². The Kier molecular flexibility index (Phi) is 8.79. The zero-order valence-corrected chi connectivity index (χ0v) is 20.2. The van der Waals surface area contributed by atoms with E-state index in [2.05, 4.69) is 4.98 Å². The number of rotatable bonds is 8. The summed E-state index contributed by atoms with van der Waals surface area (Å²) in [6.45, 7) is 4.28. The normalized spacial score (nSPS) is 19.2. The number of ether oxygens (including phenoxy) is 2. The van der Waals surface area contributed by atoms with E-state index in [1.807, 2.05) is 56.3 Å². The van der Waals surface area contributed by atoms with E-state index in [4.69, 9.17) is 9.47 Å². The molecule has 2 heterocycles. The summed E-state index contributed by atoms with van der Waals surface area (Å²) < 4.78 is 11.2. The highest BCUT2D eigenvalue weighted by atomic mass is 16.5. The fourth-order valence-corrected chi connectivity index (χ4v) is 3.79. The molecule has 3 rings (SSSR count). The molecule has 0 bridgehead atoms. The molecule has 0 saturated heterocycles. The molecule has 3 atom stereocenters. The Morgan fingerprint density at radius 1 is 1.32 bits per heavy atom. The maximum Gasteiger partial charge on any atom is 0.259 e. The molecule has 0 fully saturated rings. The number of carbonyl (C=O) groups is 2. The number of aliphatic hydroxyl groups is 1. The van der Waals surface area contributed by atoms with Gasteiger partial charge in [0, 0.05) is 32.8 Å². The van der Waals surface area contributed by atoms with Crippen LogP contribution in [-0.4, -0.2) is 84.3 Å². The maximum absolute atomic E-state index is 13.5. The number of benzene rings is 1. The summed E-state index contributed by atoms with van der Waals surface area (Å²) in [7, 11) is 3.17. The molecule has 34 heavy (non-hydrogen) atoms. The molecule has 0 saturated carbocycles. The van der Waals surface area contributed by atoms with Crippen LogP contribution in [0.25, 0.3) is 12.2 Å². The van der Waals surface area contributed by atoms with Gasteiger partial charge in [0.25, 0.3) is 5.91 Å². The maximum atomic E-state index is 13.5. The van der Waals surface area contributed by atoms with Crippen LogP contribution < -0.4 is 4.74 Å². The van der Waals surface area contributed by atoms with E-state index in [-0.39, 0.29) is 42.9 Å². The van der Waals surface area contributed by atoms with Gasteiger partial charge in [0.15, 0.2) is 0 Å². The Balaban J connectivity index is 1.94. The van der Waals surface area contributed by atoms with Crippen LogP contribution in [-0.2, 0) is 9.53 Å². The molecule has 182 valence electrons. The van der Waals surface area contributed by atoms with Crippen molar-refractivity contribution in [1.29, 1.82) is 0 Å². The Hall–Kier alpha value is -3.23. The Bertz CT molecular complexity index is 1010. The van der Waals surface area contributed by atoms with Gasteiger partial charge in [0.05, 0.1) is 19.2 Å². The largest absolute Gasteiger partial charge is 0.472 e. The summed E-state index contributed by atoms with van der Waals surface area (Å²) in [4.78, 5) is 33.4. The van der Waals surface area contributed by atoms with Gasteiger partial charge in [-0.2, -0.15) is 0 Å². The average molecular weight is 468 g/mol. The number of methoxy groups -OCH3 is 1. The molecule has 1 aromatic carbocycles. The number of likely N-dealkylation sites (N-methyl/N-ethyl adjacent to an activating group) is 1. The highest BCUT2D eigenvalue weighted by Gasteiger charge is 2.34. The first-order valence-corrected chi connectivity index (χ1v) is 11.4. The van der Waals surface area contributed by atoms with Crippen LogP contribution in [0.15, 0.2) is 42.6 Å². The predicted molar refractivity (Wildman–Crippen MR) is 130 cm³/mol. The molecular formula is C26H33N3O5. The van der Waals surface area contributed by atoms with Crippen LogP contribution in [0, 0.1) is 5.92 Å². The van der Waals surface area contributed by atoms with Crippen LogP contribution in [0.3, 0.4) is 0 Å². The number of aliphatic hydroxyl groups excluding tert-OH is 1. The fourth-order valence-electron chi connectivity index (χ4n) is 3.79. The van der Waals surface area contributed by atoms with E-state index in [1.165, 1.54) is 7.11 Å². The van der Waals surface area contributed by atoms with Crippen molar-refractivity contribution in [3.63, 3.8) is 0 Å². The third kappa shape index (κ3) is 6.21. The van der Waals surface area contributed by atoms with Gasteiger partial charge in [0.2, 0.25) is 11.8 Å². The fraction of sp³-hybridized carbons (Fsp3) is 0.423. The molecule has 8 heteroatoms. The zero-order chi connectivity index (χ0) is 24.7. The Labute approximate surface area is 200 Å². The van der Waals surface area contributed by atoms with Crippen molar-refractivity contribution in [2.75, 3.05) is 40.5 Å². The first kappa shape index (κ1) is 25.4. The lowest BCUT2D eigenvalue weighted by molar-refractivity contribution is -0.135. The first-order chi connectivity index (χ1) is 16.3. The second-order valence-corrected chi connectivity index (χ2v) is 8.70. The minimum absolute atomic E-state index is 0.0182. The molecule has 1 aromatic heterocycles. The van der Waals surface area contributed by atoms with Gasteiger partial charge in [-0.1, -0.05) is 49.4 Å². The molecule has 2 amide bonds. The number of carbonyl (C=O) groups excluding carboxylic acids is 2. The monoisotopic (exact) mass is 467 g/mol. The van der Waals surface area contributed by atoms with Crippen molar-refractivity contribution < 1.29 is 24.2 Å². The molecule has 1 aliphatic heterocycles. The molecule has 1 N–H and O–H groups in total. The minimum Gasteiger partial charge on any atom is -0.472 e. The molecule has 0 unspecified atom stereocenters. The van der Waals surface area contributed by atoms with Crippen molar-refractivity contribution in [2.45, 2.75) is 26.0 Å². The molecule has 0 aliphatic carbocycles. The summed E-state index contributed by atoms with van der Waals surface area (Å²) in [6.07, 6.45) is 5.11. The van der Waals surface area contributed by atoms with Gasteiger partial charge in [-0.15, -0.1) is 0 Å². The van der Waals surface area contributed by atoms with Gasteiger partial charge in [-0.3, -0.25) is 9.59 Å². The predicted octanol–water partition coefficient (Wildman–Crippen LogP) is 2.58. The van der Waals surface area contributed by atoms with Gasteiger partial charge < -0.3 is 24.4 Å². The molecule has 2 aromatic rings. The number of pyridine rings is 1. The topological polar surface area (TPSA) is 92.2 Å². The third-order valence-corrected chi connectivity index (χ3v) is 5.96. The second kappa shape index (κ2) is 11.8. The van der Waals surface area contributed by atoms with Gasteiger partial charge >= 0.3 is 0 Å². The van der Waals surface area contributed by atoms with E-state index in [9.17, 15) is 14.7 Å². The lowest BCUT2D eigenvalue weighted by Gasteiger charge is -2.37. The van der Waals surface area contributed by atoms with Crippen molar-refractivity contribution in [1.82, 2.24) is 14.8 Å². The summed E-state index contributed by atoms with van der Waals surface area (Å²) in [6, 6.07) is 11.2. The molecule has 0 spiro atoms. The first-order valence-electron chi connectivity index (χ1n) is 11.4. The van der Waals surface area contributed by atoms with Gasteiger partial charge in [0.1, 0.15) is 18.3 Å². The van der Waals surface area contributed by atoms with Crippen LogP contribution in [0.2, 0.25) is 0 Å². The molecule has 1 aliphatic rings. The SMILES string of the molecule is COCC(=O)N(C)C[C@@H]1Oc2ncc(/C=C/c3ccccc3)cc2C(=O)N([C@H](C)CO)C[C@H]1C. The van der Waals surface area contributed by atoms with Crippen LogP contribution in [0.1, 0.15) is 35.3 Å². The van der Waals surface area contributed by atoms with Crippen molar-refractivity contribution >= 4 is 24.0 Å². The smallest absolute Gasteiger partial charge is 0.259 e. The number of hydrogen-bond acceptors (Lipinski definition) is 6. The number of amides is 2. The third-order valence-electron chi connectivity index (χ3n) is 5.96. The van der Waals surface area contributed by atoms with E-state index in [0.717, 1.165) is 11.1 Å². The van der Waals surface area contributed by atoms with Gasteiger partial charge in [-0.05, 0) is 24.1 Å². The quantitative estimate of drug-likeness (QED) is 0.642. The standard InChI is InChI=1S/C26H33N3O5/c1-18-14-29(19(2)16-30)26(32)22-12-21(11-10-20-8-6-5-7-9-20)13-27-25(22)34-23(18)15-28(3)24(31)17-33-4/h5-13,18-19,23,30H,14-17H2,1-4H3/b11-10+/t18-,19-,23+/m1/s1. The van der Waals surface area contributed by atoms with Crippen molar-refractivity contribution in [3.05, 3.63) is 59.3 Å². The molecule has 8 nitrogen and oxygen atoms in total. The Morgan fingerprint density at radius 3 is 2.71 bits per heavy atom. The summed E-state index contributed by atoms with van der Waals surface area (Å²) in [5.74, 6) is -0.288. The van der Waals surface area contributed by atoms with Crippen LogP contribution in [0.5, 0.6) is 5.88 Å². The van der Waals surface area contributed by atoms with Crippen molar-refractivity contribution in [2.24, 2.45) is 5.92 Å². The van der Waals surface area contributed by atoms with E-state index >= 15 is 0 Å². The second-order valence-electron chi connectivity index (χ2n) is 8.70. The number of fused-ring (bicyclic) bond motifs is 1. The summed E-state index contributed by atoms with van der Waals surface area (Å²) in [5.41, 5.74) is 2.12. The molecular weight excluding hydrogens is 434 g/mol. The average Bonchev–Trinajstić information content (AvgIpc) is 2.85. The highest BCUT2D eigenvalue weighted by Crippen LogP contribution is 2.28. The number of nitrogens with zero attached hydrogens (tertiary/aromatic N) is 3. The van der Waals surface area contributed by atoms with Crippen LogP contribution >= 0.6 is 0 Å². The highest BCUT2D eigenvalue weighted by molar-refractivity contribution is 5.97. The lowest BCUT2D eigenvalue weighted by Crippen LogP contribution is -2.50. The number of aromatic nitrogens is 1. The zero-order valence-electron chi connectivity index (χ0n) is 20.2. The summed E-state index contributed by atoms with van der Waals surface area (Å²) in [5, 5.41) is 9.79. The lowest BCUT2D eigenvalue weighted by atomic mass is 9.99. The minimum atomic E-state index is -0.399. The van der Waals surface area contributed by atoms with Crippen molar-refractivity contribution in [3.8, 4) is 5.88 Å². The number of hydrogen-bond donors (Lipinski definition) is 1. The van der Waals surface area contributed by atoms with E-state index < -0.39 is 6.10 Å². The van der Waals surface area contributed by atoms with E-state index in [1.54, 1.807) is 29.1 Å². The summed E-state index contributed by atoms with van der Waals surface area (Å²) >= 11 is 0. The van der Waals surface area contributed by atoms with Gasteiger partial charge in [-0.25, -0.2) is 4.98 Å². The van der Waals surface area contributed by atoms with Crippen LogP contribution in [0.4, 0.5) is 0 Å².